The van der Waals surface area contributed by atoms with Gasteiger partial charge in [-0.2, -0.15) is 5.41 Å². The van der Waals surface area contributed by atoms with Gasteiger partial charge in [-0.25, -0.2) is 0 Å². The topological polar surface area (TPSA) is 37.4 Å². The molecule has 3 nitrogen and oxygen atoms in total. The van der Waals surface area contributed by atoms with Crippen molar-refractivity contribution < 1.29 is 23.2 Å². The first-order valence-electron chi connectivity index (χ1n) is 7.84. The van der Waals surface area contributed by atoms with E-state index < -0.39 is 16.2 Å². The van der Waals surface area contributed by atoms with Gasteiger partial charge in [-0.05, 0) is 44.8 Å². The first-order chi connectivity index (χ1) is 9.37. The predicted molar refractivity (Wildman–Crippen MR) is 85.5 cm³/mol. The molecule has 0 spiro atoms. The average Bonchev–Trinajstić information content (AvgIpc) is 2.26. The minimum absolute atomic E-state index is 0.146. The van der Waals surface area contributed by atoms with E-state index in [4.69, 9.17) is 0 Å². The van der Waals surface area contributed by atoms with Crippen LogP contribution in [0.1, 0.15) is 60.8 Å². The molecule has 2 bridgehead atoms. The molecule has 0 unspecified atom stereocenters. The molecule has 0 aromatic heterocycles. The summed E-state index contributed by atoms with van der Waals surface area (Å²) in [5.41, 5.74) is 0.104. The predicted octanol–water partition coefficient (Wildman–Crippen LogP) is 4.11. The van der Waals surface area contributed by atoms with Gasteiger partial charge in [0.1, 0.15) is 0 Å². The Hall–Kier alpha value is 0.0923. The van der Waals surface area contributed by atoms with Crippen LogP contribution in [-0.2, 0) is 23.2 Å². The third-order valence-electron chi connectivity index (χ3n) is 2.98. The van der Waals surface area contributed by atoms with Crippen molar-refractivity contribution in [2.45, 2.75) is 60.8 Å². The van der Waals surface area contributed by atoms with Crippen molar-refractivity contribution in [3.05, 3.63) is 6.92 Å². The van der Waals surface area contributed by atoms with Crippen LogP contribution < -0.4 is 0 Å². The Kier molecular flexibility index (Phi) is 9.32. The molecule has 0 N–H and O–H groups in total. The second kappa shape index (κ2) is 9.28. The van der Waals surface area contributed by atoms with E-state index in [2.05, 4.69) is 32.6 Å². The van der Waals surface area contributed by atoms with Crippen molar-refractivity contribution in [2.75, 3.05) is 19.6 Å². The summed E-state index contributed by atoms with van der Waals surface area (Å²) in [6.07, 6.45) is 4.46. The molecular weight excluding hydrogens is 436 g/mol. The number of piperidine rings is 3. The molecule has 21 heavy (non-hydrogen) atoms. The van der Waals surface area contributed by atoms with E-state index in [9.17, 15) is 6.94 Å². The largest absolute Gasteiger partial charge is 0.338 e. The van der Waals surface area contributed by atoms with Crippen LogP contribution >= 0.6 is 0 Å². The molecule has 0 aliphatic carbocycles. The summed E-state index contributed by atoms with van der Waals surface area (Å²) >= 11 is -3.30. The fraction of sp³-hybridized carbons (Fsp3) is 0.882. The summed E-state index contributed by atoms with van der Waals surface area (Å²) in [6.45, 7) is 19.8. The van der Waals surface area contributed by atoms with Gasteiger partial charge in [0.2, 0.25) is 0 Å². The molecule has 3 aliphatic heterocycles. The van der Waals surface area contributed by atoms with Gasteiger partial charge in [0, 0.05) is 0 Å². The normalized spacial score (nSPS) is 24.1. The smallest absolute Gasteiger partial charge is 0.0878 e. The van der Waals surface area contributed by atoms with Gasteiger partial charge in [0.25, 0.3) is 0 Å². The van der Waals surface area contributed by atoms with Crippen LogP contribution in [0.4, 0.5) is 0 Å². The first-order valence-corrected chi connectivity index (χ1v) is 11.6. The van der Waals surface area contributed by atoms with E-state index >= 15 is 0 Å². The molecule has 0 amide bonds. The Morgan fingerprint density at radius 2 is 1.29 bits per heavy atom. The fourth-order valence-corrected chi connectivity index (χ4v) is 4.05. The molecular formula is C17H34NO2Re-. The van der Waals surface area contributed by atoms with E-state index in [1.807, 2.05) is 20.8 Å². The molecule has 0 aromatic rings. The molecule has 0 aromatic carbocycles. The molecule has 3 fully saturated rings. The Balaban J connectivity index is 0.000000296. The molecule has 3 saturated heterocycles. The van der Waals surface area contributed by atoms with E-state index in [-0.39, 0.29) is 10.8 Å². The Morgan fingerprint density at radius 3 is 1.33 bits per heavy atom. The van der Waals surface area contributed by atoms with Gasteiger partial charge in [-0.3, -0.25) is 0 Å². The summed E-state index contributed by atoms with van der Waals surface area (Å²) < 4.78 is 21.7. The minimum Gasteiger partial charge on any atom is -0.338 e. The third kappa shape index (κ3) is 16.3. The number of rotatable bonds is 0. The van der Waals surface area contributed by atoms with Crippen LogP contribution in [0.15, 0.2) is 0 Å². The SMILES string of the molecule is C1CN2CCC1CC2.CC(C)(C)[CH]=[Re](=[O])=[O].[CH2-]C(C)(C)C. The Bertz CT molecular complexity index is 368. The van der Waals surface area contributed by atoms with E-state index in [0.29, 0.717) is 0 Å². The van der Waals surface area contributed by atoms with Crippen LogP contribution in [-0.4, -0.2) is 29.0 Å². The third-order valence-corrected chi connectivity index (χ3v) is 5.97. The summed E-state index contributed by atoms with van der Waals surface area (Å²) in [4.78, 5) is 2.58. The molecule has 0 radical (unpaired) electrons. The van der Waals surface area contributed by atoms with Crippen LogP contribution in [0.25, 0.3) is 0 Å². The first kappa shape index (κ1) is 21.1. The molecule has 4 heteroatoms. The molecule has 3 heterocycles. The van der Waals surface area contributed by atoms with Crippen molar-refractivity contribution in [1.82, 2.24) is 4.90 Å². The number of nitrogens with zero attached hydrogens (tertiary/aromatic N) is 1. The second-order valence-electron chi connectivity index (χ2n) is 8.35. The molecule has 0 atom stereocenters. The van der Waals surface area contributed by atoms with Crippen LogP contribution in [0.5, 0.6) is 0 Å². The quantitative estimate of drug-likeness (QED) is 0.500. The standard InChI is InChI=1S/C7H13N.C5H11.C5H10.2O.Re/c1-4-8-5-2-7(1)3-6-8;2*1-5(2,3)4;;;/h7H,1-6H2;1H2,2-4H3;1H,2-4H3;;;/q;-1;;;;. The molecule has 127 valence electrons. The summed E-state index contributed by atoms with van der Waals surface area (Å²) in [7, 11) is 0. The van der Waals surface area contributed by atoms with Gasteiger partial charge >= 0.3 is 53.8 Å². The molecule has 3 rings (SSSR count). The zero-order valence-electron chi connectivity index (χ0n) is 14.7. The summed E-state index contributed by atoms with van der Waals surface area (Å²) in [6, 6.07) is 0. The number of fused-ring (bicyclic) bond motifs is 3. The van der Waals surface area contributed by atoms with Gasteiger partial charge in [0.15, 0.2) is 0 Å². The maximum absolute atomic E-state index is 10.1. The van der Waals surface area contributed by atoms with Crippen molar-refractivity contribution in [2.24, 2.45) is 16.7 Å². The summed E-state index contributed by atoms with van der Waals surface area (Å²) in [5.74, 6) is 1.11. The van der Waals surface area contributed by atoms with Gasteiger partial charge < -0.3 is 11.8 Å². The van der Waals surface area contributed by atoms with Crippen LogP contribution in [0.2, 0.25) is 0 Å². The van der Waals surface area contributed by atoms with Crippen molar-refractivity contribution in [3.8, 4) is 0 Å². The van der Waals surface area contributed by atoms with E-state index in [1.54, 1.807) is 0 Å². The zero-order chi connectivity index (χ0) is 16.7. The number of hydrogen-bond acceptors (Lipinski definition) is 3. The number of hydrogen-bond donors (Lipinski definition) is 0. The Labute approximate surface area is 136 Å². The van der Waals surface area contributed by atoms with E-state index in [1.165, 1.54) is 43.4 Å². The van der Waals surface area contributed by atoms with Gasteiger partial charge in [-0.15, -0.1) is 0 Å². The van der Waals surface area contributed by atoms with Crippen molar-refractivity contribution in [3.63, 3.8) is 0 Å². The van der Waals surface area contributed by atoms with Crippen molar-refractivity contribution >= 4 is 4.49 Å². The Morgan fingerprint density at radius 1 is 0.952 bits per heavy atom. The van der Waals surface area contributed by atoms with E-state index in [0.717, 1.165) is 5.92 Å². The molecule has 0 saturated carbocycles. The average molecular weight is 471 g/mol. The molecule has 3 aliphatic rings. The summed E-state index contributed by atoms with van der Waals surface area (Å²) in [5, 5.41) is 0. The van der Waals surface area contributed by atoms with Gasteiger partial charge in [0.05, 0.1) is 0 Å². The maximum atomic E-state index is 10.1. The van der Waals surface area contributed by atoms with Crippen LogP contribution in [0, 0.1) is 23.7 Å². The second-order valence-corrected chi connectivity index (χ2v) is 10.9. The monoisotopic (exact) mass is 471 g/mol. The fourth-order valence-electron chi connectivity index (χ4n) is 2.13. The van der Waals surface area contributed by atoms with Crippen LogP contribution in [0.3, 0.4) is 0 Å². The van der Waals surface area contributed by atoms with Gasteiger partial charge in [-0.1, -0.05) is 20.8 Å². The maximum Gasteiger partial charge on any atom is -0.0878 e. The minimum atomic E-state index is -3.30. The zero-order valence-corrected chi connectivity index (χ0v) is 17.5. The van der Waals surface area contributed by atoms with Crippen molar-refractivity contribution in [1.29, 1.82) is 0 Å².